The van der Waals surface area contributed by atoms with E-state index in [-0.39, 0.29) is 5.78 Å². The average Bonchev–Trinajstić information content (AvgIpc) is 3.23. The van der Waals surface area contributed by atoms with Crippen molar-refractivity contribution in [3.8, 4) is 11.3 Å². The number of rotatable bonds is 7. The van der Waals surface area contributed by atoms with Gasteiger partial charge in [0.05, 0.1) is 6.33 Å². The van der Waals surface area contributed by atoms with E-state index >= 15 is 0 Å². The number of anilines is 1. The highest BCUT2D eigenvalue weighted by Crippen LogP contribution is 2.23. The second-order valence-corrected chi connectivity index (χ2v) is 5.38. The molecule has 0 fully saturated rings. The molecule has 0 aliphatic carbocycles. The first-order valence-electron chi connectivity index (χ1n) is 7.54. The molecule has 0 saturated carbocycles. The number of nitrogens with two attached hydrogens (primary N) is 1. The molecule has 6 nitrogen and oxygen atoms in total. The number of ketones is 1. The molecule has 0 atom stereocenters. The van der Waals surface area contributed by atoms with Crippen molar-refractivity contribution in [2.24, 2.45) is 0 Å². The van der Waals surface area contributed by atoms with Gasteiger partial charge in [-0.05, 0) is 25.0 Å². The first-order chi connectivity index (χ1) is 11.2. The standard InChI is InChI=1S/C17H18N4O2/c18-14-5-3-4-13(10-14)17-11-15(20-23-17)16(22)6-1-2-8-21-9-7-19-12-21/h3-5,7,9-12H,1-2,6,8,18H2. The lowest BCUT2D eigenvalue weighted by molar-refractivity contribution is 0.0970. The molecule has 0 aliphatic heterocycles. The maximum Gasteiger partial charge on any atom is 0.184 e. The lowest BCUT2D eigenvalue weighted by Gasteiger charge is -2.00. The van der Waals surface area contributed by atoms with Gasteiger partial charge in [-0.2, -0.15) is 0 Å². The Morgan fingerprint density at radius 1 is 1.26 bits per heavy atom. The van der Waals surface area contributed by atoms with Gasteiger partial charge in [0, 0.05) is 42.7 Å². The zero-order valence-corrected chi connectivity index (χ0v) is 12.7. The van der Waals surface area contributed by atoms with Crippen molar-refractivity contribution < 1.29 is 9.32 Å². The van der Waals surface area contributed by atoms with Crippen LogP contribution in [0.1, 0.15) is 29.8 Å². The predicted octanol–water partition coefficient (Wildman–Crippen LogP) is 3.17. The molecule has 2 N–H and O–H groups in total. The molecule has 0 amide bonds. The van der Waals surface area contributed by atoms with Gasteiger partial charge in [-0.25, -0.2) is 4.98 Å². The zero-order chi connectivity index (χ0) is 16.1. The lowest BCUT2D eigenvalue weighted by Crippen LogP contribution is -2.01. The summed E-state index contributed by atoms with van der Waals surface area (Å²) in [6.07, 6.45) is 7.62. The van der Waals surface area contributed by atoms with E-state index in [0.717, 1.165) is 24.9 Å². The van der Waals surface area contributed by atoms with Crippen LogP contribution in [0.25, 0.3) is 11.3 Å². The zero-order valence-electron chi connectivity index (χ0n) is 12.7. The number of benzene rings is 1. The highest BCUT2D eigenvalue weighted by Gasteiger charge is 2.13. The molecule has 2 aromatic heterocycles. The summed E-state index contributed by atoms with van der Waals surface area (Å²) in [5.74, 6) is 0.550. The third kappa shape index (κ3) is 3.85. The number of carbonyl (C=O) groups is 1. The largest absolute Gasteiger partial charge is 0.399 e. The van der Waals surface area contributed by atoms with Gasteiger partial charge in [0.25, 0.3) is 0 Å². The van der Waals surface area contributed by atoms with Crippen LogP contribution in [-0.2, 0) is 6.54 Å². The minimum atomic E-state index is -0.00506. The number of carbonyl (C=O) groups excluding carboxylic acids is 1. The van der Waals surface area contributed by atoms with Gasteiger partial charge in [0.1, 0.15) is 5.69 Å². The maximum absolute atomic E-state index is 12.2. The first kappa shape index (κ1) is 15.0. The SMILES string of the molecule is Nc1cccc(-c2cc(C(=O)CCCCn3ccnc3)no2)c1. The highest BCUT2D eigenvalue weighted by atomic mass is 16.5. The van der Waals surface area contributed by atoms with Crippen molar-refractivity contribution >= 4 is 11.5 Å². The van der Waals surface area contributed by atoms with Crippen molar-refractivity contribution in [1.82, 2.24) is 14.7 Å². The second kappa shape index (κ2) is 6.91. The molecule has 0 aliphatic rings. The molecule has 118 valence electrons. The smallest absolute Gasteiger partial charge is 0.184 e. The van der Waals surface area contributed by atoms with E-state index in [4.69, 9.17) is 10.3 Å². The van der Waals surface area contributed by atoms with Gasteiger partial charge >= 0.3 is 0 Å². The van der Waals surface area contributed by atoms with E-state index in [2.05, 4.69) is 10.1 Å². The molecule has 6 heteroatoms. The number of hydrogen-bond acceptors (Lipinski definition) is 5. The van der Waals surface area contributed by atoms with Crippen molar-refractivity contribution in [2.75, 3.05) is 5.73 Å². The van der Waals surface area contributed by atoms with Gasteiger partial charge in [-0.15, -0.1) is 0 Å². The Morgan fingerprint density at radius 2 is 2.17 bits per heavy atom. The van der Waals surface area contributed by atoms with Crippen molar-refractivity contribution in [1.29, 1.82) is 0 Å². The quantitative estimate of drug-likeness (QED) is 0.411. The normalized spacial score (nSPS) is 10.8. The minimum absolute atomic E-state index is 0.00506. The topological polar surface area (TPSA) is 86.9 Å². The number of Topliss-reactive ketones (excluding diaryl/α,β-unsaturated/α-hetero) is 1. The summed E-state index contributed by atoms with van der Waals surface area (Å²) < 4.78 is 7.25. The van der Waals surface area contributed by atoms with Crippen LogP contribution < -0.4 is 5.73 Å². The molecule has 3 aromatic rings. The van der Waals surface area contributed by atoms with Gasteiger partial charge in [-0.3, -0.25) is 4.79 Å². The number of imidazole rings is 1. The van der Waals surface area contributed by atoms with Crippen LogP contribution in [0.3, 0.4) is 0 Å². The number of aryl methyl sites for hydroxylation is 1. The van der Waals surface area contributed by atoms with Crippen LogP contribution in [0.5, 0.6) is 0 Å². The average molecular weight is 310 g/mol. The summed E-state index contributed by atoms with van der Waals surface area (Å²) in [6, 6.07) is 8.97. The maximum atomic E-state index is 12.2. The summed E-state index contributed by atoms with van der Waals surface area (Å²) in [5.41, 5.74) is 7.58. The fraction of sp³-hybridized carbons (Fsp3) is 0.235. The molecule has 23 heavy (non-hydrogen) atoms. The van der Waals surface area contributed by atoms with Crippen molar-refractivity contribution in [3.05, 3.63) is 54.7 Å². The van der Waals surface area contributed by atoms with Gasteiger partial charge in [-0.1, -0.05) is 17.3 Å². The van der Waals surface area contributed by atoms with Gasteiger partial charge < -0.3 is 14.8 Å². The van der Waals surface area contributed by atoms with E-state index < -0.39 is 0 Å². The number of hydrogen-bond donors (Lipinski definition) is 1. The number of unbranched alkanes of at least 4 members (excludes halogenated alkanes) is 1. The summed E-state index contributed by atoms with van der Waals surface area (Å²) in [5, 5.41) is 3.87. The predicted molar refractivity (Wildman–Crippen MR) is 86.8 cm³/mol. The third-order valence-electron chi connectivity index (χ3n) is 3.60. The molecular weight excluding hydrogens is 292 g/mol. The molecule has 0 bridgehead atoms. The summed E-state index contributed by atoms with van der Waals surface area (Å²) in [4.78, 5) is 16.1. The Morgan fingerprint density at radius 3 is 2.96 bits per heavy atom. The minimum Gasteiger partial charge on any atom is -0.399 e. The van der Waals surface area contributed by atoms with E-state index in [1.807, 2.05) is 22.9 Å². The van der Waals surface area contributed by atoms with Crippen LogP contribution in [0, 0.1) is 0 Å². The van der Waals surface area contributed by atoms with E-state index in [9.17, 15) is 4.79 Å². The first-order valence-corrected chi connectivity index (χ1v) is 7.54. The Balaban J connectivity index is 1.54. The summed E-state index contributed by atoms with van der Waals surface area (Å²) in [6.45, 7) is 0.862. The molecular formula is C17H18N4O2. The highest BCUT2D eigenvalue weighted by molar-refractivity contribution is 5.94. The molecule has 2 heterocycles. The summed E-state index contributed by atoms with van der Waals surface area (Å²) >= 11 is 0. The second-order valence-electron chi connectivity index (χ2n) is 5.38. The molecule has 1 aromatic carbocycles. The van der Waals surface area contributed by atoms with Crippen LogP contribution in [-0.4, -0.2) is 20.5 Å². The molecule has 3 rings (SSSR count). The molecule has 0 unspecified atom stereocenters. The van der Waals surface area contributed by atoms with Crippen LogP contribution >= 0.6 is 0 Å². The number of nitrogens with zero attached hydrogens (tertiary/aromatic N) is 3. The van der Waals surface area contributed by atoms with Crippen LogP contribution in [0.2, 0.25) is 0 Å². The Labute approximate surface area is 133 Å². The Bertz CT molecular complexity index is 778. The van der Waals surface area contributed by atoms with E-state index in [0.29, 0.717) is 23.6 Å². The van der Waals surface area contributed by atoms with Crippen LogP contribution in [0.15, 0.2) is 53.6 Å². The molecule has 0 radical (unpaired) electrons. The monoisotopic (exact) mass is 310 g/mol. The Hall–Kier alpha value is -2.89. The fourth-order valence-electron chi connectivity index (χ4n) is 2.36. The fourth-order valence-corrected chi connectivity index (χ4v) is 2.36. The van der Waals surface area contributed by atoms with E-state index in [1.165, 1.54) is 0 Å². The molecule has 0 spiro atoms. The number of nitrogen functional groups attached to an aromatic ring is 1. The van der Waals surface area contributed by atoms with Crippen molar-refractivity contribution in [2.45, 2.75) is 25.8 Å². The van der Waals surface area contributed by atoms with Crippen molar-refractivity contribution in [3.63, 3.8) is 0 Å². The van der Waals surface area contributed by atoms with E-state index in [1.54, 1.807) is 30.7 Å². The van der Waals surface area contributed by atoms with Crippen LogP contribution in [0.4, 0.5) is 5.69 Å². The number of aromatic nitrogens is 3. The molecule has 0 saturated heterocycles. The van der Waals surface area contributed by atoms with Gasteiger partial charge in [0.2, 0.25) is 0 Å². The Kier molecular flexibility index (Phi) is 4.52. The summed E-state index contributed by atoms with van der Waals surface area (Å²) in [7, 11) is 0. The lowest BCUT2D eigenvalue weighted by atomic mass is 10.1. The third-order valence-corrected chi connectivity index (χ3v) is 3.60. The van der Waals surface area contributed by atoms with Gasteiger partial charge in [0.15, 0.2) is 11.5 Å².